The summed E-state index contributed by atoms with van der Waals surface area (Å²) in [7, 11) is 3.31. The molecular formula is C20H23F3N2O3. The summed E-state index contributed by atoms with van der Waals surface area (Å²) < 4.78 is 49.7. The van der Waals surface area contributed by atoms with Crippen molar-refractivity contribution < 1.29 is 27.4 Å². The maximum Gasteiger partial charge on any atom is 0.416 e. The number of likely N-dealkylation sites (N-methyl/N-ethyl adjacent to an activating group) is 1. The largest absolute Gasteiger partial charge is 0.484 e. The van der Waals surface area contributed by atoms with Crippen LogP contribution in [0.3, 0.4) is 0 Å². The van der Waals surface area contributed by atoms with Crippen molar-refractivity contribution in [1.29, 1.82) is 0 Å². The van der Waals surface area contributed by atoms with Crippen LogP contribution in [0.2, 0.25) is 0 Å². The van der Waals surface area contributed by atoms with Gasteiger partial charge >= 0.3 is 6.18 Å². The zero-order valence-corrected chi connectivity index (χ0v) is 15.7. The molecule has 2 N–H and O–H groups in total. The first-order valence-corrected chi connectivity index (χ1v) is 8.57. The number of halogens is 3. The maximum atomic E-state index is 13.0. The number of carbonyl (C=O) groups is 1. The minimum Gasteiger partial charge on any atom is -0.484 e. The number of amides is 1. The average molecular weight is 396 g/mol. The van der Waals surface area contributed by atoms with E-state index >= 15 is 0 Å². The Morgan fingerprint density at radius 3 is 2.54 bits per heavy atom. The van der Waals surface area contributed by atoms with Crippen LogP contribution in [0.25, 0.3) is 0 Å². The molecule has 0 fully saturated rings. The Kier molecular flexibility index (Phi) is 7.42. The first-order valence-electron chi connectivity index (χ1n) is 8.57. The lowest BCUT2D eigenvalue weighted by molar-refractivity contribution is -0.137. The van der Waals surface area contributed by atoms with Gasteiger partial charge in [0.15, 0.2) is 6.61 Å². The number of carbonyl (C=O) groups excluding carboxylic acids is 1. The highest BCUT2D eigenvalue weighted by atomic mass is 19.4. The molecule has 28 heavy (non-hydrogen) atoms. The third-order valence-corrected chi connectivity index (χ3v) is 4.17. The molecule has 1 atom stereocenters. The van der Waals surface area contributed by atoms with Gasteiger partial charge in [0, 0.05) is 13.7 Å². The fourth-order valence-electron chi connectivity index (χ4n) is 2.84. The molecule has 5 nitrogen and oxygen atoms in total. The predicted molar refractivity (Wildman–Crippen MR) is 98.7 cm³/mol. The Bertz CT molecular complexity index is 796. The normalized spacial score (nSPS) is 12.8. The third-order valence-electron chi connectivity index (χ3n) is 4.17. The van der Waals surface area contributed by atoms with E-state index in [9.17, 15) is 18.0 Å². The van der Waals surface area contributed by atoms with E-state index in [-0.39, 0.29) is 19.3 Å². The van der Waals surface area contributed by atoms with Crippen molar-refractivity contribution in [2.75, 3.05) is 27.4 Å². The summed E-state index contributed by atoms with van der Waals surface area (Å²) in [5, 5.41) is 0. The highest BCUT2D eigenvalue weighted by Gasteiger charge is 2.31. The zero-order chi connectivity index (χ0) is 20.7. The molecule has 0 radical (unpaired) electrons. The van der Waals surface area contributed by atoms with Gasteiger partial charge in [0.25, 0.3) is 5.91 Å². The van der Waals surface area contributed by atoms with Crippen LogP contribution in [0.5, 0.6) is 5.75 Å². The monoisotopic (exact) mass is 396 g/mol. The van der Waals surface area contributed by atoms with Gasteiger partial charge in [-0.25, -0.2) is 0 Å². The van der Waals surface area contributed by atoms with Gasteiger partial charge < -0.3 is 15.2 Å². The van der Waals surface area contributed by atoms with E-state index in [1.54, 1.807) is 31.3 Å². The molecule has 0 bridgehead atoms. The topological polar surface area (TPSA) is 64.8 Å². The number of rotatable bonds is 9. The van der Waals surface area contributed by atoms with Crippen molar-refractivity contribution in [2.45, 2.75) is 18.8 Å². The van der Waals surface area contributed by atoms with E-state index in [1.165, 1.54) is 13.2 Å². The van der Waals surface area contributed by atoms with E-state index in [1.807, 2.05) is 11.0 Å². The summed E-state index contributed by atoms with van der Waals surface area (Å²) in [5.74, 6) is -0.0840. The van der Waals surface area contributed by atoms with Gasteiger partial charge in [-0.2, -0.15) is 13.2 Å². The zero-order valence-electron chi connectivity index (χ0n) is 15.7. The Morgan fingerprint density at radius 1 is 1.18 bits per heavy atom. The van der Waals surface area contributed by atoms with Crippen LogP contribution >= 0.6 is 0 Å². The first kappa shape index (κ1) is 21.7. The van der Waals surface area contributed by atoms with Crippen molar-refractivity contribution in [3.63, 3.8) is 0 Å². The molecule has 1 amide bonds. The number of ether oxygens (including phenoxy) is 2. The fourth-order valence-corrected chi connectivity index (χ4v) is 2.84. The van der Waals surface area contributed by atoms with Crippen LogP contribution in [0, 0.1) is 0 Å². The Balaban J connectivity index is 2.18. The second kappa shape index (κ2) is 9.57. The number of alkyl halides is 3. The van der Waals surface area contributed by atoms with Crippen LogP contribution in [-0.2, 0) is 22.3 Å². The van der Waals surface area contributed by atoms with E-state index in [2.05, 4.69) is 0 Å². The van der Waals surface area contributed by atoms with Crippen molar-refractivity contribution in [3.05, 3.63) is 65.2 Å². The van der Waals surface area contributed by atoms with E-state index < -0.39 is 17.6 Å². The molecule has 0 aliphatic carbocycles. The fraction of sp³-hybridized carbons (Fsp3) is 0.350. The molecule has 2 aromatic carbocycles. The van der Waals surface area contributed by atoms with Gasteiger partial charge in [0.1, 0.15) is 5.75 Å². The average Bonchev–Trinajstić information content (AvgIpc) is 2.64. The Morgan fingerprint density at radius 2 is 1.89 bits per heavy atom. The molecule has 0 saturated heterocycles. The third kappa shape index (κ3) is 6.24. The van der Waals surface area contributed by atoms with Crippen LogP contribution < -0.4 is 10.5 Å². The number of hydrogen-bond donors (Lipinski definition) is 1. The summed E-state index contributed by atoms with van der Waals surface area (Å²) >= 11 is 0. The number of nitrogens with two attached hydrogens (primary N) is 1. The second-order valence-electron chi connectivity index (χ2n) is 6.41. The lowest BCUT2D eigenvalue weighted by Crippen LogP contribution is -2.28. The summed E-state index contributed by atoms with van der Waals surface area (Å²) in [4.78, 5) is 12.7. The molecule has 152 valence electrons. The van der Waals surface area contributed by atoms with E-state index in [0.29, 0.717) is 17.9 Å². The van der Waals surface area contributed by atoms with Crippen molar-refractivity contribution in [1.82, 2.24) is 4.90 Å². The SMILES string of the molecule is COC[C@H](c1cccc(C(F)(F)F)c1)N(C)Cc1cccc(OCC(N)=O)c1. The molecule has 0 spiro atoms. The smallest absolute Gasteiger partial charge is 0.416 e. The summed E-state index contributed by atoms with van der Waals surface area (Å²) in [6.07, 6.45) is -4.40. The molecule has 0 aliphatic rings. The van der Waals surface area contributed by atoms with Crippen molar-refractivity contribution in [2.24, 2.45) is 5.73 Å². The molecule has 0 aliphatic heterocycles. The summed E-state index contributed by atoms with van der Waals surface area (Å²) in [6, 6.07) is 12.0. The highest BCUT2D eigenvalue weighted by Crippen LogP contribution is 2.32. The van der Waals surface area contributed by atoms with E-state index in [4.69, 9.17) is 15.2 Å². The van der Waals surface area contributed by atoms with Gasteiger partial charge in [-0.05, 0) is 42.4 Å². The van der Waals surface area contributed by atoms with Gasteiger partial charge in [-0.15, -0.1) is 0 Å². The number of hydrogen-bond acceptors (Lipinski definition) is 4. The molecule has 2 aromatic rings. The maximum absolute atomic E-state index is 13.0. The van der Waals surface area contributed by atoms with Crippen LogP contribution in [0.1, 0.15) is 22.7 Å². The number of benzene rings is 2. The van der Waals surface area contributed by atoms with Crippen LogP contribution in [0.15, 0.2) is 48.5 Å². The molecule has 0 saturated carbocycles. The second-order valence-corrected chi connectivity index (χ2v) is 6.41. The minimum atomic E-state index is -4.40. The molecule has 8 heteroatoms. The predicted octanol–water partition coefficient (Wildman–Crippen LogP) is 3.39. The van der Waals surface area contributed by atoms with Gasteiger partial charge in [0.2, 0.25) is 0 Å². The van der Waals surface area contributed by atoms with E-state index in [0.717, 1.165) is 17.7 Å². The number of nitrogens with zero attached hydrogens (tertiary/aromatic N) is 1. The number of primary amides is 1. The molecule has 2 rings (SSSR count). The highest BCUT2D eigenvalue weighted by molar-refractivity contribution is 5.75. The first-order chi connectivity index (χ1) is 13.2. The molecular weight excluding hydrogens is 373 g/mol. The lowest BCUT2D eigenvalue weighted by atomic mass is 10.0. The molecule has 0 aromatic heterocycles. The minimum absolute atomic E-state index is 0.226. The number of methoxy groups -OCH3 is 1. The van der Waals surface area contributed by atoms with Crippen LogP contribution in [-0.4, -0.2) is 38.2 Å². The van der Waals surface area contributed by atoms with Crippen molar-refractivity contribution >= 4 is 5.91 Å². The standard InChI is InChI=1S/C20H23F3N2O3/c1-25(11-14-5-3-8-17(9-14)28-13-19(24)26)18(12-27-2)15-6-4-7-16(10-15)20(21,22)23/h3-10,18H,11-13H2,1-2H3,(H2,24,26)/t18-/m1/s1. The quantitative estimate of drug-likeness (QED) is 0.706. The summed E-state index contributed by atoms with van der Waals surface area (Å²) in [6.45, 7) is 0.448. The Hall–Kier alpha value is -2.58. The molecule has 0 unspecified atom stereocenters. The molecule has 0 heterocycles. The van der Waals surface area contributed by atoms with Crippen molar-refractivity contribution in [3.8, 4) is 5.75 Å². The van der Waals surface area contributed by atoms with Gasteiger partial charge in [-0.3, -0.25) is 9.69 Å². The lowest BCUT2D eigenvalue weighted by Gasteiger charge is -2.28. The van der Waals surface area contributed by atoms with Gasteiger partial charge in [0.05, 0.1) is 18.2 Å². The van der Waals surface area contributed by atoms with Crippen LogP contribution in [0.4, 0.5) is 13.2 Å². The Labute approximate surface area is 161 Å². The summed E-state index contributed by atoms with van der Waals surface area (Å²) in [5.41, 5.74) is 5.77. The van der Waals surface area contributed by atoms with Gasteiger partial charge in [-0.1, -0.05) is 24.3 Å².